The van der Waals surface area contributed by atoms with Crippen molar-refractivity contribution < 1.29 is 13.4 Å². The van der Waals surface area contributed by atoms with Crippen molar-refractivity contribution in [3.8, 4) is 21.9 Å². The number of aryl methyl sites for hydroxylation is 1. The molecule has 0 radical (unpaired) electrons. The Kier molecular flexibility index (Phi) is 6.92. The molecule has 4 aromatic heterocycles. The average Bonchev–Trinajstić information content (AvgIpc) is 3.63. The maximum absolute atomic E-state index is 13.8. The molecule has 2 aliphatic rings. The topological polar surface area (TPSA) is 129 Å². The van der Waals surface area contributed by atoms with Gasteiger partial charge in [-0.2, -0.15) is 0 Å². The van der Waals surface area contributed by atoms with Gasteiger partial charge in [-0.3, -0.25) is 9.19 Å². The van der Waals surface area contributed by atoms with Gasteiger partial charge in [0.15, 0.2) is 0 Å². The van der Waals surface area contributed by atoms with E-state index >= 15 is 0 Å². The minimum Gasteiger partial charge on any atom is -0.403 e. The number of rotatable bonds is 7. The first kappa shape index (κ1) is 25.4. The summed E-state index contributed by atoms with van der Waals surface area (Å²) >= 11 is 1.62. The Morgan fingerprint density at radius 1 is 1.24 bits per heavy atom. The molecule has 2 aliphatic heterocycles. The van der Waals surface area contributed by atoms with E-state index in [1.165, 1.54) is 0 Å². The predicted molar refractivity (Wildman–Crippen MR) is 151 cm³/mol. The molecule has 0 bridgehead atoms. The van der Waals surface area contributed by atoms with Gasteiger partial charge < -0.3 is 20.2 Å². The highest BCUT2D eigenvalue weighted by atomic mass is 32.2. The molecule has 0 amide bonds. The molecule has 9 nitrogen and oxygen atoms in total. The van der Waals surface area contributed by atoms with Crippen LogP contribution in [-0.2, 0) is 22.0 Å². The molecule has 11 heteroatoms. The summed E-state index contributed by atoms with van der Waals surface area (Å²) in [6.07, 6.45) is 5.65. The molecule has 0 aromatic carbocycles. The number of pyridine rings is 2. The third-order valence-corrected chi connectivity index (χ3v) is 10.4. The summed E-state index contributed by atoms with van der Waals surface area (Å²) in [6.45, 7) is 5.96. The molecule has 38 heavy (non-hydrogen) atoms. The van der Waals surface area contributed by atoms with Crippen LogP contribution in [0.3, 0.4) is 0 Å². The first-order chi connectivity index (χ1) is 18.4. The lowest BCUT2D eigenvalue weighted by Gasteiger charge is -2.23. The molecule has 2 unspecified atom stereocenters. The van der Waals surface area contributed by atoms with Crippen molar-refractivity contribution in [2.45, 2.75) is 50.3 Å². The number of thiophene rings is 1. The Morgan fingerprint density at radius 2 is 2.05 bits per heavy atom. The first-order valence-electron chi connectivity index (χ1n) is 13.1. The molecule has 2 atom stereocenters. The van der Waals surface area contributed by atoms with Gasteiger partial charge in [-0.15, -0.1) is 16.4 Å². The number of nitrogens with one attached hydrogen (secondary N) is 1. The largest absolute Gasteiger partial charge is 0.403 e. The lowest BCUT2D eigenvalue weighted by atomic mass is 9.89. The van der Waals surface area contributed by atoms with Gasteiger partial charge in [0.2, 0.25) is 0 Å². The van der Waals surface area contributed by atoms with E-state index in [2.05, 4.69) is 40.4 Å². The third kappa shape index (κ3) is 4.50. The third-order valence-electron chi connectivity index (χ3n) is 7.67. The van der Waals surface area contributed by atoms with E-state index in [4.69, 9.17) is 19.9 Å². The minimum absolute atomic E-state index is 0.000942. The number of nitrogens with two attached hydrogens (primary N) is 1. The van der Waals surface area contributed by atoms with Crippen molar-refractivity contribution >= 4 is 44.1 Å². The molecule has 0 spiro atoms. The predicted octanol–water partition coefficient (Wildman–Crippen LogP) is 5.25. The summed E-state index contributed by atoms with van der Waals surface area (Å²) in [6, 6.07) is 4.15. The number of aromatic nitrogens is 4. The monoisotopic (exact) mass is 552 g/mol. The Bertz CT molecular complexity index is 1510. The van der Waals surface area contributed by atoms with Gasteiger partial charge in [0.25, 0.3) is 5.89 Å². The molecule has 200 valence electrons. The van der Waals surface area contributed by atoms with Gasteiger partial charge in [-0.25, -0.2) is 4.98 Å². The molecule has 1 fully saturated rings. The van der Waals surface area contributed by atoms with E-state index in [1.54, 1.807) is 17.5 Å². The van der Waals surface area contributed by atoms with Gasteiger partial charge in [0.05, 0.1) is 37.3 Å². The van der Waals surface area contributed by atoms with Crippen LogP contribution in [-0.4, -0.2) is 50.4 Å². The number of nitrogens with zero attached hydrogens (tertiary/aromatic N) is 4. The Labute approximate surface area is 228 Å². The fourth-order valence-electron chi connectivity index (χ4n) is 5.58. The molecule has 1 saturated heterocycles. The van der Waals surface area contributed by atoms with E-state index in [1.807, 2.05) is 13.1 Å². The van der Waals surface area contributed by atoms with E-state index in [0.29, 0.717) is 23.5 Å². The summed E-state index contributed by atoms with van der Waals surface area (Å²) in [5.74, 6) is 2.72. The Hall–Kier alpha value is -2.89. The second-order valence-corrected chi connectivity index (χ2v) is 12.8. The zero-order valence-electron chi connectivity index (χ0n) is 21.8. The number of nitrogen functional groups attached to an aromatic ring is 1. The zero-order chi connectivity index (χ0) is 26.4. The molecule has 0 aliphatic carbocycles. The molecule has 6 heterocycles. The van der Waals surface area contributed by atoms with Gasteiger partial charge in [0, 0.05) is 48.6 Å². The number of hydrogen-bond acceptors (Lipinski definition) is 10. The second-order valence-electron chi connectivity index (χ2n) is 10.4. The highest BCUT2D eigenvalue weighted by Gasteiger charge is 2.38. The lowest BCUT2D eigenvalue weighted by Crippen LogP contribution is -2.17. The van der Waals surface area contributed by atoms with Gasteiger partial charge in [-0.1, -0.05) is 18.9 Å². The van der Waals surface area contributed by atoms with Crippen molar-refractivity contribution in [2.75, 3.05) is 37.1 Å². The summed E-state index contributed by atoms with van der Waals surface area (Å²) < 4.78 is 26.2. The summed E-state index contributed by atoms with van der Waals surface area (Å²) in [4.78, 5) is 11.5. The van der Waals surface area contributed by atoms with Crippen LogP contribution in [0, 0.1) is 11.8 Å². The van der Waals surface area contributed by atoms with Crippen molar-refractivity contribution in [3.63, 3.8) is 0 Å². The first-order valence-corrected chi connectivity index (χ1v) is 15.3. The highest BCUT2D eigenvalue weighted by molar-refractivity contribution is 7.85. The van der Waals surface area contributed by atoms with Crippen LogP contribution >= 0.6 is 11.3 Å². The Morgan fingerprint density at radius 3 is 2.76 bits per heavy atom. The molecule has 3 N–H and O–H groups in total. The van der Waals surface area contributed by atoms with Gasteiger partial charge in [-0.05, 0) is 55.0 Å². The van der Waals surface area contributed by atoms with Crippen LogP contribution in [0.5, 0.6) is 0 Å². The molecule has 0 saturated carbocycles. The number of anilines is 2. The van der Waals surface area contributed by atoms with E-state index in [9.17, 15) is 4.21 Å². The van der Waals surface area contributed by atoms with Crippen LogP contribution < -0.4 is 11.1 Å². The fourth-order valence-corrected chi connectivity index (χ4v) is 8.76. The van der Waals surface area contributed by atoms with Crippen LogP contribution in [0.4, 0.5) is 11.8 Å². The lowest BCUT2D eigenvalue weighted by molar-refractivity contribution is 0.0639. The van der Waals surface area contributed by atoms with Crippen molar-refractivity contribution in [1.29, 1.82) is 0 Å². The SMILES string of the molecule is CNc1nccc2cc(-c3c(-c4nnc(N)o4)c(CCC4CCOCC4)nc4c3S(=O)CC4C(C)C)sc12. The van der Waals surface area contributed by atoms with Crippen LogP contribution in [0.1, 0.15) is 50.4 Å². The molecule has 4 aromatic rings. The number of ether oxygens (including phenoxy) is 1. The highest BCUT2D eigenvalue weighted by Crippen LogP contribution is 2.50. The van der Waals surface area contributed by atoms with Crippen molar-refractivity contribution in [2.24, 2.45) is 11.8 Å². The van der Waals surface area contributed by atoms with Crippen molar-refractivity contribution in [1.82, 2.24) is 20.2 Å². The standard InChI is InChI=1S/C27H32N6O3S2/c1-14(2)17-13-38(34)24-21(19-12-16-6-9-30-25(29-3)23(16)37-19)20(26-32-33-27(28)36-26)18(31-22(17)24)5-4-15-7-10-35-11-8-15/h6,9,12,14-15,17H,4-5,7-8,10-11,13H2,1-3H3,(H2,28,33)(H,29,30). The summed E-state index contributed by atoms with van der Waals surface area (Å²) in [5, 5.41) is 12.5. The number of fused-ring (bicyclic) bond motifs is 2. The van der Waals surface area contributed by atoms with Crippen LogP contribution in [0.15, 0.2) is 27.6 Å². The normalized spacial score (nSPS) is 19.9. The Balaban J connectivity index is 1.60. The van der Waals surface area contributed by atoms with E-state index in [-0.39, 0.29) is 11.9 Å². The van der Waals surface area contributed by atoms with Crippen LogP contribution in [0.2, 0.25) is 0 Å². The maximum Gasteiger partial charge on any atom is 0.313 e. The minimum atomic E-state index is -1.21. The van der Waals surface area contributed by atoms with Gasteiger partial charge in [0.1, 0.15) is 5.82 Å². The van der Waals surface area contributed by atoms with E-state index in [0.717, 1.165) is 87.1 Å². The second kappa shape index (κ2) is 10.3. The fraction of sp³-hybridized carbons (Fsp3) is 0.481. The zero-order valence-corrected chi connectivity index (χ0v) is 23.5. The van der Waals surface area contributed by atoms with E-state index < -0.39 is 10.8 Å². The molecular weight excluding hydrogens is 520 g/mol. The van der Waals surface area contributed by atoms with Crippen molar-refractivity contribution in [3.05, 3.63) is 29.7 Å². The molecular formula is C27H32N6O3S2. The van der Waals surface area contributed by atoms with Crippen LogP contribution in [0.25, 0.3) is 32.0 Å². The van der Waals surface area contributed by atoms with Gasteiger partial charge >= 0.3 is 6.01 Å². The average molecular weight is 553 g/mol. The quantitative estimate of drug-likeness (QED) is 0.316. The summed E-state index contributed by atoms with van der Waals surface area (Å²) in [5.41, 5.74) is 9.38. The summed E-state index contributed by atoms with van der Waals surface area (Å²) in [7, 11) is 0.662. The smallest absolute Gasteiger partial charge is 0.313 e. The maximum atomic E-state index is 13.8. The molecule has 6 rings (SSSR count). The number of hydrogen-bond donors (Lipinski definition) is 2.